The van der Waals surface area contributed by atoms with Crippen LogP contribution in [0.15, 0.2) is 41.6 Å². The highest BCUT2D eigenvalue weighted by Crippen LogP contribution is 2.38. The molecule has 0 atom stereocenters. The third kappa shape index (κ3) is 3.28. The van der Waals surface area contributed by atoms with Crippen LogP contribution in [-0.2, 0) is 0 Å². The molecule has 2 N–H and O–H groups in total. The van der Waals surface area contributed by atoms with Gasteiger partial charge in [-0.15, -0.1) is 11.3 Å². The first kappa shape index (κ1) is 18.2. The molecule has 1 saturated heterocycles. The lowest BCUT2D eigenvalue weighted by Crippen LogP contribution is -2.47. The number of aryl methyl sites for hydroxylation is 1. The zero-order valence-corrected chi connectivity index (χ0v) is 17.2. The predicted octanol–water partition coefficient (Wildman–Crippen LogP) is 3.58. The molecular weight excluding hydrogens is 382 g/mol. The lowest BCUT2D eigenvalue weighted by Gasteiger charge is -2.41. The van der Waals surface area contributed by atoms with E-state index in [1.807, 2.05) is 0 Å². The van der Waals surface area contributed by atoms with E-state index in [1.54, 1.807) is 11.8 Å². The maximum atomic E-state index is 5.03. The average molecular weight is 406 g/mol. The molecule has 0 amide bonds. The van der Waals surface area contributed by atoms with Gasteiger partial charge in [0.1, 0.15) is 22.5 Å². The first-order chi connectivity index (χ1) is 14.2. The molecule has 29 heavy (non-hydrogen) atoms. The van der Waals surface area contributed by atoms with Crippen LogP contribution in [0.2, 0.25) is 0 Å². The van der Waals surface area contributed by atoms with Gasteiger partial charge in [-0.1, -0.05) is 18.7 Å². The van der Waals surface area contributed by atoms with E-state index >= 15 is 0 Å². The van der Waals surface area contributed by atoms with E-state index in [4.69, 9.17) is 4.99 Å². The normalized spacial score (nSPS) is 17.3. The van der Waals surface area contributed by atoms with Gasteiger partial charge in [-0.05, 0) is 44.5 Å². The highest BCUT2D eigenvalue weighted by atomic mass is 32.1. The van der Waals surface area contributed by atoms with Gasteiger partial charge in [0.2, 0.25) is 0 Å². The molecule has 1 fully saturated rings. The first-order valence-electron chi connectivity index (χ1n) is 9.87. The highest BCUT2D eigenvalue weighted by molar-refractivity contribution is 7.16. The average Bonchev–Trinajstić information content (AvgIpc) is 3.22. The maximum absolute atomic E-state index is 5.03. The number of aromatic nitrogens is 3. The SMILES string of the molecule is C=C1c2c(C)cccc2N=C(CNc2ncnc3scnc23)N1C1CCNCC1. The molecule has 1 aromatic carbocycles. The summed E-state index contributed by atoms with van der Waals surface area (Å²) in [6, 6.07) is 6.64. The van der Waals surface area contributed by atoms with Crippen LogP contribution < -0.4 is 10.6 Å². The van der Waals surface area contributed by atoms with Crippen LogP contribution in [0, 0.1) is 6.92 Å². The minimum atomic E-state index is 0.391. The molecule has 2 aliphatic heterocycles. The summed E-state index contributed by atoms with van der Waals surface area (Å²) < 4.78 is 0. The summed E-state index contributed by atoms with van der Waals surface area (Å²) in [5, 5.41) is 6.90. The van der Waals surface area contributed by atoms with Gasteiger partial charge in [-0.3, -0.25) is 0 Å². The van der Waals surface area contributed by atoms with Crippen LogP contribution in [0.25, 0.3) is 16.0 Å². The van der Waals surface area contributed by atoms with E-state index in [0.29, 0.717) is 12.6 Å². The van der Waals surface area contributed by atoms with Crippen molar-refractivity contribution in [2.45, 2.75) is 25.8 Å². The Bertz CT molecular complexity index is 1100. The van der Waals surface area contributed by atoms with Crippen molar-refractivity contribution in [3.8, 4) is 0 Å². The number of nitrogens with one attached hydrogen (secondary N) is 2. The van der Waals surface area contributed by atoms with E-state index in [0.717, 1.165) is 64.9 Å². The van der Waals surface area contributed by atoms with Gasteiger partial charge in [0, 0.05) is 17.3 Å². The molecule has 0 unspecified atom stereocenters. The second kappa shape index (κ2) is 7.53. The lowest BCUT2D eigenvalue weighted by molar-refractivity contribution is 0.320. The Morgan fingerprint density at radius 1 is 1.24 bits per heavy atom. The van der Waals surface area contributed by atoms with Crippen molar-refractivity contribution in [3.05, 3.63) is 47.7 Å². The number of thiazole rings is 1. The molecule has 148 valence electrons. The third-order valence-electron chi connectivity index (χ3n) is 5.58. The molecule has 0 saturated carbocycles. The molecule has 3 aromatic rings. The predicted molar refractivity (Wildman–Crippen MR) is 119 cm³/mol. The summed E-state index contributed by atoms with van der Waals surface area (Å²) in [6.07, 6.45) is 3.72. The molecule has 0 bridgehead atoms. The number of anilines is 1. The summed E-state index contributed by atoms with van der Waals surface area (Å²) in [6.45, 7) is 9.19. The van der Waals surface area contributed by atoms with Gasteiger partial charge in [0.15, 0.2) is 5.82 Å². The number of fused-ring (bicyclic) bond motifs is 2. The number of hydrogen-bond acceptors (Lipinski definition) is 8. The van der Waals surface area contributed by atoms with Gasteiger partial charge in [0.25, 0.3) is 0 Å². The second-order valence-electron chi connectivity index (χ2n) is 7.38. The Morgan fingerprint density at radius 3 is 2.97 bits per heavy atom. The summed E-state index contributed by atoms with van der Waals surface area (Å²) >= 11 is 1.51. The summed E-state index contributed by atoms with van der Waals surface area (Å²) in [5.41, 5.74) is 6.99. The zero-order valence-electron chi connectivity index (χ0n) is 16.4. The van der Waals surface area contributed by atoms with E-state index < -0.39 is 0 Å². The van der Waals surface area contributed by atoms with E-state index in [-0.39, 0.29) is 0 Å². The zero-order chi connectivity index (χ0) is 19.8. The Morgan fingerprint density at radius 2 is 2.10 bits per heavy atom. The lowest BCUT2D eigenvalue weighted by atomic mass is 9.97. The van der Waals surface area contributed by atoms with Gasteiger partial charge in [-0.2, -0.15) is 0 Å². The van der Waals surface area contributed by atoms with E-state index in [1.165, 1.54) is 16.9 Å². The van der Waals surface area contributed by atoms with Gasteiger partial charge in [-0.25, -0.2) is 19.9 Å². The number of aliphatic imine (C=N–C) groups is 1. The van der Waals surface area contributed by atoms with Crippen molar-refractivity contribution in [2.24, 2.45) is 4.99 Å². The van der Waals surface area contributed by atoms with Crippen LogP contribution in [-0.4, -0.2) is 51.4 Å². The van der Waals surface area contributed by atoms with Crippen LogP contribution in [0.1, 0.15) is 24.0 Å². The summed E-state index contributed by atoms with van der Waals surface area (Å²) in [5.74, 6) is 1.71. The monoisotopic (exact) mass is 405 g/mol. The Hall–Kier alpha value is -2.84. The van der Waals surface area contributed by atoms with Crippen molar-refractivity contribution in [3.63, 3.8) is 0 Å². The molecule has 7 nitrogen and oxygen atoms in total. The molecule has 0 radical (unpaired) electrons. The van der Waals surface area contributed by atoms with Crippen LogP contribution >= 0.6 is 11.3 Å². The minimum absolute atomic E-state index is 0.391. The molecule has 4 heterocycles. The Labute approximate surface area is 173 Å². The molecule has 2 aliphatic rings. The first-order valence-corrected chi connectivity index (χ1v) is 10.7. The summed E-state index contributed by atoms with van der Waals surface area (Å²) in [7, 11) is 0. The quantitative estimate of drug-likeness (QED) is 0.691. The molecule has 0 spiro atoms. The molecular formula is C21H23N7S. The fourth-order valence-electron chi connectivity index (χ4n) is 4.20. The number of benzene rings is 1. The number of amidine groups is 1. The Balaban J connectivity index is 1.50. The van der Waals surface area contributed by atoms with Crippen LogP contribution in [0.3, 0.4) is 0 Å². The molecule has 2 aromatic heterocycles. The number of rotatable bonds is 4. The topological polar surface area (TPSA) is 78.3 Å². The number of nitrogens with zero attached hydrogens (tertiary/aromatic N) is 5. The summed E-state index contributed by atoms with van der Waals surface area (Å²) in [4.78, 5) is 21.3. The standard InChI is InChI=1S/C21H23N7S/c1-13-4-3-5-16-18(13)14(2)28(15-6-8-22-9-7-15)17(27-16)10-23-20-19-21(25-11-24-20)29-12-26-19/h3-5,11-12,15,22H,2,6-10H2,1H3,(H,23,24,25). The van der Waals surface area contributed by atoms with E-state index in [2.05, 4.69) is 62.2 Å². The van der Waals surface area contributed by atoms with Crippen molar-refractivity contribution >= 4 is 44.7 Å². The third-order valence-corrected chi connectivity index (χ3v) is 6.31. The molecule has 0 aliphatic carbocycles. The highest BCUT2D eigenvalue weighted by Gasteiger charge is 2.31. The number of piperidine rings is 1. The smallest absolute Gasteiger partial charge is 0.157 e. The Kier molecular flexibility index (Phi) is 4.73. The van der Waals surface area contributed by atoms with Crippen molar-refractivity contribution in [1.82, 2.24) is 25.2 Å². The largest absolute Gasteiger partial charge is 0.361 e. The van der Waals surface area contributed by atoms with Crippen molar-refractivity contribution < 1.29 is 0 Å². The molecule has 8 heteroatoms. The van der Waals surface area contributed by atoms with Crippen LogP contribution in [0.5, 0.6) is 0 Å². The van der Waals surface area contributed by atoms with Crippen molar-refractivity contribution in [2.75, 3.05) is 25.0 Å². The van der Waals surface area contributed by atoms with Crippen molar-refractivity contribution in [1.29, 1.82) is 0 Å². The second-order valence-corrected chi connectivity index (χ2v) is 8.21. The van der Waals surface area contributed by atoms with Crippen LogP contribution in [0.4, 0.5) is 11.5 Å². The number of hydrogen-bond donors (Lipinski definition) is 2. The van der Waals surface area contributed by atoms with Gasteiger partial charge in [0.05, 0.1) is 17.7 Å². The maximum Gasteiger partial charge on any atom is 0.157 e. The van der Waals surface area contributed by atoms with Gasteiger partial charge >= 0.3 is 0 Å². The molecule has 5 rings (SSSR count). The minimum Gasteiger partial charge on any atom is -0.361 e. The fraction of sp³-hybridized carbons (Fsp3) is 0.333. The van der Waals surface area contributed by atoms with Gasteiger partial charge < -0.3 is 15.5 Å². The van der Waals surface area contributed by atoms with E-state index in [9.17, 15) is 0 Å². The fourth-order valence-corrected chi connectivity index (χ4v) is 4.82.